The van der Waals surface area contributed by atoms with Crippen molar-refractivity contribution in [1.82, 2.24) is 9.55 Å². The lowest BCUT2D eigenvalue weighted by Crippen LogP contribution is -2.16. The molecule has 7 heteroatoms. The van der Waals surface area contributed by atoms with Crippen LogP contribution in [0.3, 0.4) is 0 Å². The first-order valence-corrected chi connectivity index (χ1v) is 11.8. The molecule has 0 amide bonds. The molecule has 0 fully saturated rings. The second kappa shape index (κ2) is 10.6. The summed E-state index contributed by atoms with van der Waals surface area (Å²) in [6, 6.07) is 14.6. The number of rotatable bonds is 10. The molecule has 0 spiro atoms. The fraction of sp³-hybridized carbons (Fsp3) is 0.333. The Bertz CT molecular complexity index is 1050. The predicted molar refractivity (Wildman–Crippen MR) is 122 cm³/mol. The quantitative estimate of drug-likeness (QED) is 0.459. The molecule has 0 aliphatic rings. The minimum atomic E-state index is -1.29. The molecule has 31 heavy (non-hydrogen) atoms. The Morgan fingerprint density at radius 2 is 1.77 bits per heavy atom. The van der Waals surface area contributed by atoms with Gasteiger partial charge in [0.2, 0.25) is 0 Å². The van der Waals surface area contributed by atoms with Crippen molar-refractivity contribution in [3.05, 3.63) is 71.2 Å². The average molecular weight is 441 g/mol. The molecule has 3 aromatic rings. The summed E-state index contributed by atoms with van der Waals surface area (Å²) in [5.74, 6) is 0.242. The number of carbonyl (C=O) groups is 1. The van der Waals surface area contributed by atoms with Crippen LogP contribution in [-0.2, 0) is 30.7 Å². The molecule has 0 bridgehead atoms. The number of aliphatic hydroxyl groups excluding tert-OH is 1. The van der Waals surface area contributed by atoms with Gasteiger partial charge in [-0.2, -0.15) is 0 Å². The van der Waals surface area contributed by atoms with Gasteiger partial charge in [-0.15, -0.1) is 0 Å². The highest BCUT2D eigenvalue weighted by Gasteiger charge is 2.26. The number of aromatic carboxylic acids is 1. The van der Waals surface area contributed by atoms with E-state index in [2.05, 4.69) is 11.9 Å². The minimum absolute atomic E-state index is 0.236. The first kappa shape index (κ1) is 23.1. The highest BCUT2D eigenvalue weighted by Crippen LogP contribution is 2.30. The van der Waals surface area contributed by atoms with Crippen LogP contribution < -0.4 is 0 Å². The third kappa shape index (κ3) is 5.01. The standard InChI is InChI=1S/C24H28N2O4S/c1-3-5-14-22-25-21(16-27)23(31(30)4-2)26(22)15-17-10-6-7-11-18(17)19-12-8-9-13-20(19)24(28)29/h6-13,27H,3-5,14-16H2,1-2H3,(H,28,29). The Kier molecular flexibility index (Phi) is 7.90. The summed E-state index contributed by atoms with van der Waals surface area (Å²) in [5.41, 5.74) is 3.05. The summed E-state index contributed by atoms with van der Waals surface area (Å²) in [4.78, 5) is 16.4. The van der Waals surface area contributed by atoms with Crippen LogP contribution in [0, 0.1) is 0 Å². The Hall–Kier alpha value is -2.61. The predicted octanol–water partition coefficient (Wildman–Crippen LogP) is 4.26. The van der Waals surface area contributed by atoms with Crippen LogP contribution in [0.4, 0.5) is 0 Å². The molecule has 1 aromatic heterocycles. The number of aryl methyl sites for hydroxylation is 1. The summed E-state index contributed by atoms with van der Waals surface area (Å²) < 4.78 is 14.8. The van der Waals surface area contributed by atoms with Crippen LogP contribution in [0.2, 0.25) is 0 Å². The lowest BCUT2D eigenvalue weighted by Gasteiger charge is -2.17. The molecule has 0 aliphatic carbocycles. The topological polar surface area (TPSA) is 98.4 Å². The number of aromatic nitrogens is 2. The molecule has 3 rings (SSSR count). The van der Waals surface area contributed by atoms with Gasteiger partial charge in [0.25, 0.3) is 5.03 Å². The van der Waals surface area contributed by atoms with Crippen LogP contribution in [0.1, 0.15) is 54.1 Å². The smallest absolute Gasteiger partial charge is 0.336 e. The second-order valence-corrected chi connectivity index (χ2v) is 8.92. The molecular weight excluding hydrogens is 412 g/mol. The first-order chi connectivity index (χ1) is 15.0. The van der Waals surface area contributed by atoms with Gasteiger partial charge < -0.3 is 14.8 Å². The summed E-state index contributed by atoms with van der Waals surface area (Å²) in [6.07, 6.45) is 2.65. The number of benzene rings is 2. The van der Waals surface area contributed by atoms with Crippen molar-refractivity contribution in [3.63, 3.8) is 0 Å². The zero-order chi connectivity index (χ0) is 22.4. The molecule has 0 radical (unpaired) electrons. The maximum atomic E-state index is 12.9. The van der Waals surface area contributed by atoms with Gasteiger partial charge in [0.05, 0.1) is 18.7 Å². The second-order valence-electron chi connectivity index (χ2n) is 7.27. The molecule has 2 aromatic carbocycles. The molecule has 1 unspecified atom stereocenters. The Morgan fingerprint density at radius 1 is 1.10 bits per heavy atom. The summed E-state index contributed by atoms with van der Waals surface area (Å²) in [7, 11) is 0. The highest BCUT2D eigenvalue weighted by molar-refractivity contribution is 7.91. The van der Waals surface area contributed by atoms with Gasteiger partial charge in [0.15, 0.2) is 0 Å². The van der Waals surface area contributed by atoms with Crippen molar-refractivity contribution in [1.29, 1.82) is 0 Å². The maximum absolute atomic E-state index is 12.9. The largest absolute Gasteiger partial charge is 0.610 e. The van der Waals surface area contributed by atoms with Crippen LogP contribution in [0.15, 0.2) is 53.6 Å². The lowest BCUT2D eigenvalue weighted by atomic mass is 9.95. The highest BCUT2D eigenvalue weighted by atomic mass is 32.2. The number of nitrogens with zero attached hydrogens (tertiary/aromatic N) is 2. The van der Waals surface area contributed by atoms with Crippen LogP contribution in [0.5, 0.6) is 0 Å². The summed E-state index contributed by atoms with van der Waals surface area (Å²) in [6.45, 7) is 4.08. The van der Waals surface area contributed by atoms with Crippen molar-refractivity contribution in [2.45, 2.75) is 51.3 Å². The van der Waals surface area contributed by atoms with Crippen molar-refractivity contribution in [2.75, 3.05) is 5.75 Å². The van der Waals surface area contributed by atoms with Crippen molar-refractivity contribution >= 4 is 17.1 Å². The fourth-order valence-corrected chi connectivity index (χ4v) is 4.78. The number of unbranched alkanes of at least 4 members (excludes halogenated alkanes) is 1. The van der Waals surface area contributed by atoms with Crippen LogP contribution in [-0.4, -0.2) is 36.0 Å². The molecule has 1 atom stereocenters. The van der Waals surface area contributed by atoms with Gasteiger partial charge in [-0.3, -0.25) is 4.57 Å². The van der Waals surface area contributed by atoms with E-state index in [0.717, 1.165) is 36.2 Å². The maximum Gasteiger partial charge on any atom is 0.336 e. The lowest BCUT2D eigenvalue weighted by molar-refractivity contribution is 0.0697. The molecular formula is C24H28N2O4S. The third-order valence-electron chi connectivity index (χ3n) is 5.24. The first-order valence-electron chi connectivity index (χ1n) is 10.5. The van der Waals surface area contributed by atoms with E-state index in [1.165, 1.54) is 0 Å². The van der Waals surface area contributed by atoms with Gasteiger partial charge in [-0.1, -0.05) is 55.8 Å². The van der Waals surface area contributed by atoms with E-state index in [1.54, 1.807) is 18.2 Å². The molecule has 0 saturated carbocycles. The molecule has 0 saturated heterocycles. The van der Waals surface area contributed by atoms with E-state index in [9.17, 15) is 19.6 Å². The molecule has 164 valence electrons. The van der Waals surface area contributed by atoms with E-state index < -0.39 is 17.1 Å². The molecule has 0 aliphatic heterocycles. The average Bonchev–Trinajstić information content (AvgIpc) is 3.14. The van der Waals surface area contributed by atoms with Gasteiger partial charge in [-0.05, 0) is 36.1 Å². The summed E-state index contributed by atoms with van der Waals surface area (Å²) >= 11 is -1.29. The van der Waals surface area contributed by atoms with E-state index >= 15 is 0 Å². The molecule has 6 nitrogen and oxygen atoms in total. The van der Waals surface area contributed by atoms with Gasteiger partial charge in [0, 0.05) is 17.6 Å². The molecule has 1 heterocycles. The number of hydrogen-bond acceptors (Lipinski definition) is 4. The van der Waals surface area contributed by atoms with E-state index in [-0.39, 0.29) is 12.2 Å². The van der Waals surface area contributed by atoms with Crippen molar-refractivity contribution < 1.29 is 19.6 Å². The van der Waals surface area contributed by atoms with Gasteiger partial charge in [-0.25, -0.2) is 9.78 Å². The molecule has 2 N–H and O–H groups in total. The van der Waals surface area contributed by atoms with Gasteiger partial charge in [0.1, 0.15) is 17.3 Å². The van der Waals surface area contributed by atoms with E-state index in [1.807, 2.05) is 41.8 Å². The Morgan fingerprint density at radius 3 is 2.42 bits per heavy atom. The minimum Gasteiger partial charge on any atom is -0.610 e. The SMILES string of the molecule is CCCCc1nc(CO)c([S+]([O-])CC)n1Cc1ccccc1-c1ccccc1C(=O)O. The fourth-order valence-electron chi connectivity index (χ4n) is 3.72. The Balaban J connectivity index is 2.14. The zero-order valence-electron chi connectivity index (χ0n) is 17.9. The number of carboxylic acid groups (broad SMARTS) is 1. The van der Waals surface area contributed by atoms with Crippen molar-refractivity contribution in [2.24, 2.45) is 0 Å². The Labute approximate surface area is 185 Å². The number of carboxylic acids is 1. The monoisotopic (exact) mass is 440 g/mol. The van der Waals surface area contributed by atoms with Gasteiger partial charge >= 0.3 is 5.97 Å². The number of imidazole rings is 1. The zero-order valence-corrected chi connectivity index (χ0v) is 18.7. The normalized spacial score (nSPS) is 12.1. The van der Waals surface area contributed by atoms with E-state index in [0.29, 0.717) is 28.6 Å². The number of aliphatic hydroxyl groups is 1. The van der Waals surface area contributed by atoms with E-state index in [4.69, 9.17) is 0 Å². The number of hydrogen-bond donors (Lipinski definition) is 2. The third-order valence-corrected chi connectivity index (χ3v) is 6.65. The summed E-state index contributed by atoms with van der Waals surface area (Å²) in [5, 5.41) is 20.0. The van der Waals surface area contributed by atoms with Crippen LogP contribution >= 0.6 is 0 Å². The van der Waals surface area contributed by atoms with Crippen molar-refractivity contribution in [3.8, 4) is 11.1 Å². The van der Waals surface area contributed by atoms with Crippen LogP contribution in [0.25, 0.3) is 11.1 Å².